The quantitative estimate of drug-likeness (QED) is 0.488. The summed E-state index contributed by atoms with van der Waals surface area (Å²) >= 11 is 0. The second-order valence-electron chi connectivity index (χ2n) is 6.76. The number of para-hydroxylation sites is 1. The molecule has 3 aromatic carbocycles. The molecule has 0 saturated heterocycles. The second-order valence-corrected chi connectivity index (χ2v) is 6.76. The number of halogens is 3. The van der Waals surface area contributed by atoms with Crippen LogP contribution in [0.1, 0.15) is 20.7 Å². The minimum absolute atomic E-state index is 0.126. The zero-order chi connectivity index (χ0) is 24.0. The Hall–Kier alpha value is -4.34. The van der Waals surface area contributed by atoms with Crippen LogP contribution in [0.5, 0.6) is 0 Å². The number of nitrogens with zero attached hydrogens (tertiary/aromatic N) is 1. The van der Waals surface area contributed by atoms with Crippen molar-refractivity contribution in [1.82, 2.24) is 10.6 Å². The first kappa shape index (κ1) is 23.3. The van der Waals surface area contributed by atoms with Gasteiger partial charge in [0.15, 0.2) is 0 Å². The van der Waals surface area contributed by atoms with Crippen LogP contribution in [0.25, 0.3) is 0 Å². The third-order valence-corrected chi connectivity index (χ3v) is 4.46. The lowest BCUT2D eigenvalue weighted by atomic mass is 10.1. The summed E-state index contributed by atoms with van der Waals surface area (Å²) in [6.45, 7) is 0. The smallest absolute Gasteiger partial charge is 0.355 e. The van der Waals surface area contributed by atoms with Crippen molar-refractivity contribution in [3.63, 3.8) is 0 Å². The Morgan fingerprint density at radius 2 is 1.39 bits per heavy atom. The van der Waals surface area contributed by atoms with Crippen molar-refractivity contribution in [2.45, 2.75) is 6.30 Å². The van der Waals surface area contributed by atoms with Crippen molar-refractivity contribution in [3.05, 3.63) is 90.0 Å². The molecule has 0 radical (unpaired) electrons. The fraction of sp³-hybridized carbons (Fsp3) is 0.0870. The van der Waals surface area contributed by atoms with Crippen LogP contribution in [-0.2, 0) is 0 Å². The van der Waals surface area contributed by atoms with E-state index < -0.39 is 18.2 Å². The summed E-state index contributed by atoms with van der Waals surface area (Å²) < 4.78 is 38.2. The molecule has 0 aromatic heterocycles. The normalized spacial score (nSPS) is 10.8. The van der Waals surface area contributed by atoms with Crippen molar-refractivity contribution < 1.29 is 27.6 Å². The topological polar surface area (TPSA) is 90.5 Å². The van der Waals surface area contributed by atoms with Crippen molar-refractivity contribution in [1.29, 1.82) is 0 Å². The Balaban J connectivity index is 1.82. The van der Waals surface area contributed by atoms with Crippen LogP contribution in [0.4, 0.5) is 35.0 Å². The highest BCUT2D eigenvalue weighted by Crippen LogP contribution is 2.27. The highest BCUT2D eigenvalue weighted by Gasteiger charge is 2.33. The third kappa shape index (κ3) is 6.10. The average Bonchev–Trinajstić information content (AvgIpc) is 2.79. The molecule has 10 heteroatoms. The molecule has 0 aliphatic carbocycles. The first-order chi connectivity index (χ1) is 15.7. The second kappa shape index (κ2) is 9.86. The number of rotatable bonds is 5. The number of alkyl halides is 3. The lowest BCUT2D eigenvalue weighted by molar-refractivity contribution is -0.144. The van der Waals surface area contributed by atoms with Crippen LogP contribution in [0.15, 0.2) is 78.9 Å². The first-order valence-corrected chi connectivity index (χ1v) is 9.65. The van der Waals surface area contributed by atoms with Crippen LogP contribution >= 0.6 is 0 Å². The SMILES string of the molecule is CNC(=O)c1cccc(NC(=O)c2ccc(N(C(=O)NC(F)(F)F)c3ccccc3)cc2)c1. The molecule has 7 nitrogen and oxygen atoms in total. The third-order valence-electron chi connectivity index (χ3n) is 4.46. The molecular weight excluding hydrogens is 437 g/mol. The van der Waals surface area contributed by atoms with E-state index >= 15 is 0 Å². The largest absolute Gasteiger partial charge is 0.485 e. The van der Waals surface area contributed by atoms with Crippen LogP contribution in [0, 0.1) is 0 Å². The Labute approximate surface area is 187 Å². The lowest BCUT2D eigenvalue weighted by Crippen LogP contribution is -2.44. The number of carbonyl (C=O) groups excluding carboxylic acids is 3. The van der Waals surface area contributed by atoms with Gasteiger partial charge in [-0.3, -0.25) is 14.5 Å². The van der Waals surface area contributed by atoms with Gasteiger partial charge in [0.05, 0.1) is 11.4 Å². The number of carbonyl (C=O) groups is 3. The molecule has 0 aliphatic rings. The minimum Gasteiger partial charge on any atom is -0.355 e. The zero-order valence-electron chi connectivity index (χ0n) is 17.3. The van der Waals surface area contributed by atoms with E-state index in [0.29, 0.717) is 11.3 Å². The molecule has 0 atom stereocenters. The summed E-state index contributed by atoms with van der Waals surface area (Å²) in [5.41, 5.74) is 1.29. The van der Waals surface area contributed by atoms with Crippen molar-refractivity contribution in [2.75, 3.05) is 17.3 Å². The van der Waals surface area contributed by atoms with E-state index in [0.717, 1.165) is 10.2 Å². The summed E-state index contributed by atoms with van der Waals surface area (Å²) in [5.74, 6) is -0.810. The van der Waals surface area contributed by atoms with E-state index in [4.69, 9.17) is 0 Å². The molecule has 33 heavy (non-hydrogen) atoms. The van der Waals surface area contributed by atoms with Crippen LogP contribution < -0.4 is 20.9 Å². The monoisotopic (exact) mass is 456 g/mol. The molecule has 0 spiro atoms. The van der Waals surface area contributed by atoms with Gasteiger partial charge in [-0.1, -0.05) is 24.3 Å². The minimum atomic E-state index is -4.91. The van der Waals surface area contributed by atoms with Gasteiger partial charge < -0.3 is 10.6 Å². The van der Waals surface area contributed by atoms with Gasteiger partial charge in [0, 0.05) is 23.9 Å². The molecule has 0 heterocycles. The number of hydrogen-bond acceptors (Lipinski definition) is 3. The molecule has 3 rings (SSSR count). The van der Waals surface area contributed by atoms with E-state index in [-0.39, 0.29) is 22.8 Å². The summed E-state index contributed by atoms with van der Waals surface area (Å²) in [6, 6.07) is 18.2. The Morgan fingerprint density at radius 1 is 0.758 bits per heavy atom. The number of nitrogens with one attached hydrogen (secondary N) is 3. The van der Waals surface area contributed by atoms with Gasteiger partial charge >= 0.3 is 12.3 Å². The molecule has 0 saturated carbocycles. The molecule has 0 unspecified atom stereocenters. The van der Waals surface area contributed by atoms with E-state index in [1.165, 1.54) is 49.5 Å². The molecule has 3 N–H and O–H groups in total. The summed E-state index contributed by atoms with van der Waals surface area (Å²) in [5, 5.41) is 6.12. The molecule has 3 aromatic rings. The summed E-state index contributed by atoms with van der Waals surface area (Å²) in [7, 11) is 1.49. The van der Waals surface area contributed by atoms with Crippen molar-refractivity contribution >= 4 is 34.9 Å². The van der Waals surface area contributed by atoms with Gasteiger partial charge in [0.2, 0.25) is 0 Å². The fourth-order valence-corrected chi connectivity index (χ4v) is 2.99. The standard InChI is InChI=1S/C23H19F3N4O3/c1-27-20(31)16-6-5-7-17(14-16)28-21(32)15-10-12-19(13-11-15)30(18-8-3-2-4-9-18)22(33)29-23(24,25)26/h2-14H,1H3,(H,27,31)(H,28,32)(H,29,33). The first-order valence-electron chi connectivity index (χ1n) is 9.65. The van der Waals surface area contributed by atoms with Crippen LogP contribution in [-0.4, -0.2) is 31.2 Å². The number of urea groups is 1. The number of anilines is 3. The molecule has 0 bridgehead atoms. The lowest BCUT2D eigenvalue weighted by Gasteiger charge is -2.24. The number of benzene rings is 3. The van der Waals surface area contributed by atoms with Gasteiger partial charge in [-0.05, 0) is 54.6 Å². The number of hydrogen-bond donors (Lipinski definition) is 3. The molecule has 0 aliphatic heterocycles. The van der Waals surface area contributed by atoms with Crippen LogP contribution in [0.2, 0.25) is 0 Å². The van der Waals surface area contributed by atoms with E-state index in [1.807, 2.05) is 0 Å². The van der Waals surface area contributed by atoms with Gasteiger partial charge in [-0.15, -0.1) is 0 Å². The van der Waals surface area contributed by atoms with Gasteiger partial charge in [0.25, 0.3) is 11.8 Å². The maximum absolute atomic E-state index is 12.7. The maximum atomic E-state index is 12.7. The molecule has 0 fully saturated rings. The Bertz CT molecular complexity index is 1150. The number of amides is 4. The van der Waals surface area contributed by atoms with Crippen molar-refractivity contribution in [3.8, 4) is 0 Å². The summed E-state index contributed by atoms with van der Waals surface area (Å²) in [4.78, 5) is 37.5. The Kier molecular flexibility index (Phi) is 6.97. The predicted molar refractivity (Wildman–Crippen MR) is 117 cm³/mol. The van der Waals surface area contributed by atoms with E-state index in [1.54, 1.807) is 36.4 Å². The van der Waals surface area contributed by atoms with Crippen molar-refractivity contribution in [2.24, 2.45) is 0 Å². The van der Waals surface area contributed by atoms with Gasteiger partial charge in [-0.25, -0.2) is 10.1 Å². The molecule has 170 valence electrons. The maximum Gasteiger partial charge on any atom is 0.485 e. The Morgan fingerprint density at radius 3 is 2.00 bits per heavy atom. The predicted octanol–water partition coefficient (Wildman–Crippen LogP) is 4.67. The van der Waals surface area contributed by atoms with E-state index in [9.17, 15) is 27.6 Å². The highest BCUT2D eigenvalue weighted by molar-refractivity contribution is 6.06. The van der Waals surface area contributed by atoms with Crippen LogP contribution in [0.3, 0.4) is 0 Å². The van der Waals surface area contributed by atoms with Gasteiger partial charge in [-0.2, -0.15) is 13.2 Å². The van der Waals surface area contributed by atoms with Gasteiger partial charge in [0.1, 0.15) is 0 Å². The molecule has 4 amide bonds. The average molecular weight is 456 g/mol. The van der Waals surface area contributed by atoms with E-state index in [2.05, 4.69) is 10.6 Å². The highest BCUT2D eigenvalue weighted by atomic mass is 19.4. The summed E-state index contributed by atoms with van der Waals surface area (Å²) in [6.07, 6.45) is -4.91. The fourth-order valence-electron chi connectivity index (χ4n) is 2.99. The molecular formula is C23H19F3N4O3. The zero-order valence-corrected chi connectivity index (χ0v) is 17.3.